The fourth-order valence-corrected chi connectivity index (χ4v) is 2.85. The van der Waals surface area contributed by atoms with Crippen molar-refractivity contribution in [3.05, 3.63) is 35.9 Å². The van der Waals surface area contributed by atoms with Crippen LogP contribution in [0.1, 0.15) is 45.6 Å². The number of aliphatic imine (C=N–C) groups is 1. The molecule has 1 aromatic carbocycles. The predicted octanol–water partition coefficient (Wildman–Crippen LogP) is 3.05. The zero-order valence-electron chi connectivity index (χ0n) is 11.9. The van der Waals surface area contributed by atoms with E-state index in [1.54, 1.807) is 0 Å². The van der Waals surface area contributed by atoms with Crippen LogP contribution >= 0.6 is 0 Å². The molecule has 3 nitrogen and oxygen atoms in total. The van der Waals surface area contributed by atoms with Crippen LogP contribution in [0.25, 0.3) is 0 Å². The zero-order valence-corrected chi connectivity index (χ0v) is 11.9. The lowest BCUT2D eigenvalue weighted by atomic mass is 9.74. The minimum atomic E-state index is -0.212. The van der Waals surface area contributed by atoms with Crippen LogP contribution in [-0.2, 0) is 10.2 Å². The highest BCUT2D eigenvalue weighted by Gasteiger charge is 2.39. The topological polar surface area (TPSA) is 41.5 Å². The van der Waals surface area contributed by atoms with Crippen LogP contribution in [-0.4, -0.2) is 17.8 Å². The monoisotopic (exact) mass is 258 g/mol. The van der Waals surface area contributed by atoms with Crippen molar-refractivity contribution in [3.8, 4) is 0 Å². The molecule has 1 amide bonds. The van der Waals surface area contributed by atoms with Gasteiger partial charge in [0.05, 0.1) is 5.41 Å². The Hall–Kier alpha value is -1.64. The normalized spacial score (nSPS) is 19.2. The van der Waals surface area contributed by atoms with Crippen molar-refractivity contribution in [2.24, 2.45) is 4.99 Å². The van der Waals surface area contributed by atoms with Crippen LogP contribution in [0.2, 0.25) is 0 Å². The van der Waals surface area contributed by atoms with Crippen LogP contribution in [0.5, 0.6) is 0 Å². The second kappa shape index (κ2) is 5.55. The van der Waals surface area contributed by atoms with Gasteiger partial charge < -0.3 is 5.32 Å². The van der Waals surface area contributed by atoms with E-state index < -0.39 is 0 Å². The van der Waals surface area contributed by atoms with Gasteiger partial charge in [-0.2, -0.15) is 0 Å². The van der Waals surface area contributed by atoms with Gasteiger partial charge in [0.2, 0.25) is 5.91 Å². The number of carbonyl (C=O) groups excluding carboxylic acids is 1. The van der Waals surface area contributed by atoms with Gasteiger partial charge in [-0.3, -0.25) is 9.79 Å². The minimum absolute atomic E-state index is 0.0414. The molecule has 0 aromatic heterocycles. The molecule has 1 heterocycles. The van der Waals surface area contributed by atoms with Gasteiger partial charge in [0.1, 0.15) is 11.9 Å². The molecule has 1 atom stereocenters. The minimum Gasteiger partial charge on any atom is -0.312 e. The first kappa shape index (κ1) is 13.8. The van der Waals surface area contributed by atoms with Crippen LogP contribution in [0, 0.1) is 0 Å². The summed E-state index contributed by atoms with van der Waals surface area (Å²) in [5.74, 6) is 0.889. The number of carbonyl (C=O) groups is 1. The second-order valence-electron chi connectivity index (χ2n) is 5.05. The molecule has 0 radical (unpaired) electrons. The number of nitrogens with zero attached hydrogens (tertiary/aromatic N) is 1. The highest BCUT2D eigenvalue weighted by molar-refractivity contribution is 6.10. The Kier molecular flexibility index (Phi) is 4.03. The van der Waals surface area contributed by atoms with E-state index in [2.05, 4.69) is 36.3 Å². The average Bonchev–Trinajstić information content (AvgIpc) is 2.84. The summed E-state index contributed by atoms with van der Waals surface area (Å²) in [5, 5.41) is 3.01. The highest BCUT2D eigenvalue weighted by Crippen LogP contribution is 2.34. The van der Waals surface area contributed by atoms with E-state index in [-0.39, 0.29) is 17.4 Å². The lowest BCUT2D eigenvalue weighted by Gasteiger charge is -2.32. The zero-order chi connectivity index (χ0) is 13.9. The van der Waals surface area contributed by atoms with E-state index in [9.17, 15) is 4.79 Å². The first-order valence-electron chi connectivity index (χ1n) is 7.12. The Labute approximate surface area is 115 Å². The van der Waals surface area contributed by atoms with E-state index in [0.717, 1.165) is 25.1 Å². The Morgan fingerprint density at radius 1 is 1.16 bits per heavy atom. The number of hydrogen-bond acceptors (Lipinski definition) is 2. The first-order valence-corrected chi connectivity index (χ1v) is 7.12. The third-order valence-corrected chi connectivity index (χ3v) is 4.20. The van der Waals surface area contributed by atoms with Crippen LogP contribution in [0.3, 0.4) is 0 Å². The molecule has 1 aromatic rings. The van der Waals surface area contributed by atoms with Crippen molar-refractivity contribution < 1.29 is 4.79 Å². The Morgan fingerprint density at radius 3 is 2.26 bits per heavy atom. The molecule has 3 heteroatoms. The van der Waals surface area contributed by atoms with Crippen molar-refractivity contribution >= 4 is 11.7 Å². The lowest BCUT2D eigenvalue weighted by molar-refractivity contribution is -0.120. The molecule has 19 heavy (non-hydrogen) atoms. The second-order valence-corrected chi connectivity index (χ2v) is 5.05. The van der Waals surface area contributed by atoms with Crippen molar-refractivity contribution in [1.29, 1.82) is 0 Å². The summed E-state index contributed by atoms with van der Waals surface area (Å²) >= 11 is 0. The SMILES string of the molecule is CCC1N=C(C(CC)(CC)c2ccccc2)NC1=O. The lowest BCUT2D eigenvalue weighted by Crippen LogP contribution is -2.43. The third-order valence-electron chi connectivity index (χ3n) is 4.20. The fourth-order valence-electron chi connectivity index (χ4n) is 2.85. The van der Waals surface area contributed by atoms with E-state index in [1.807, 2.05) is 25.1 Å². The molecule has 0 fully saturated rings. The van der Waals surface area contributed by atoms with Crippen molar-refractivity contribution in [2.45, 2.75) is 51.5 Å². The Bertz CT molecular complexity index is 475. The Morgan fingerprint density at radius 2 is 1.79 bits per heavy atom. The summed E-state index contributed by atoms with van der Waals surface area (Å²) in [5.41, 5.74) is 1.07. The predicted molar refractivity (Wildman–Crippen MR) is 78.4 cm³/mol. The molecular formula is C16H22N2O. The maximum Gasteiger partial charge on any atom is 0.250 e. The van der Waals surface area contributed by atoms with Gasteiger partial charge in [0.15, 0.2) is 0 Å². The van der Waals surface area contributed by atoms with E-state index in [0.29, 0.717) is 0 Å². The third kappa shape index (κ3) is 2.29. The highest BCUT2D eigenvalue weighted by atomic mass is 16.2. The van der Waals surface area contributed by atoms with Gasteiger partial charge in [0.25, 0.3) is 0 Å². The Balaban J connectivity index is 2.44. The molecule has 0 spiro atoms. The molecule has 1 N–H and O–H groups in total. The maximum absolute atomic E-state index is 11.9. The van der Waals surface area contributed by atoms with Crippen molar-refractivity contribution in [3.63, 3.8) is 0 Å². The van der Waals surface area contributed by atoms with Gasteiger partial charge in [0, 0.05) is 0 Å². The summed E-state index contributed by atoms with van der Waals surface area (Å²) in [7, 11) is 0. The van der Waals surface area contributed by atoms with E-state index in [1.165, 1.54) is 5.56 Å². The quantitative estimate of drug-likeness (QED) is 0.866. The number of amides is 1. The number of benzene rings is 1. The summed E-state index contributed by atoms with van der Waals surface area (Å²) in [6, 6.07) is 10.1. The number of rotatable bonds is 5. The van der Waals surface area contributed by atoms with Crippen LogP contribution in [0.15, 0.2) is 35.3 Å². The van der Waals surface area contributed by atoms with Gasteiger partial charge in [-0.05, 0) is 24.8 Å². The van der Waals surface area contributed by atoms with Crippen molar-refractivity contribution in [2.75, 3.05) is 0 Å². The van der Waals surface area contributed by atoms with Gasteiger partial charge in [-0.1, -0.05) is 51.1 Å². The summed E-state index contributed by atoms with van der Waals surface area (Å²) in [6.07, 6.45) is 2.62. The molecule has 0 saturated heterocycles. The average molecular weight is 258 g/mol. The number of nitrogens with one attached hydrogen (secondary N) is 1. The van der Waals surface area contributed by atoms with Gasteiger partial charge in [-0.15, -0.1) is 0 Å². The molecule has 2 rings (SSSR count). The molecule has 0 saturated carbocycles. The number of amidine groups is 1. The molecule has 1 aliphatic heterocycles. The number of hydrogen-bond donors (Lipinski definition) is 1. The first-order chi connectivity index (χ1) is 9.17. The molecular weight excluding hydrogens is 236 g/mol. The summed E-state index contributed by atoms with van der Waals surface area (Å²) in [6.45, 7) is 6.31. The molecule has 0 aliphatic carbocycles. The van der Waals surface area contributed by atoms with E-state index >= 15 is 0 Å². The maximum atomic E-state index is 11.9. The van der Waals surface area contributed by atoms with Gasteiger partial charge in [-0.25, -0.2) is 0 Å². The molecule has 1 unspecified atom stereocenters. The van der Waals surface area contributed by atoms with Crippen LogP contribution < -0.4 is 5.32 Å². The molecule has 0 bridgehead atoms. The standard InChI is InChI=1S/C16H22N2O/c1-4-13-14(19)18-15(17-13)16(5-2,6-3)12-10-8-7-9-11-12/h7-11,13H,4-6H2,1-3H3,(H,17,18,19). The van der Waals surface area contributed by atoms with Crippen LogP contribution in [0.4, 0.5) is 0 Å². The molecule has 102 valence electrons. The van der Waals surface area contributed by atoms with Crippen molar-refractivity contribution in [1.82, 2.24) is 5.32 Å². The summed E-state index contributed by atoms with van der Waals surface area (Å²) in [4.78, 5) is 16.5. The van der Waals surface area contributed by atoms with Gasteiger partial charge >= 0.3 is 0 Å². The molecule has 1 aliphatic rings. The van der Waals surface area contributed by atoms with E-state index in [4.69, 9.17) is 0 Å². The summed E-state index contributed by atoms with van der Waals surface area (Å²) < 4.78 is 0. The largest absolute Gasteiger partial charge is 0.312 e. The smallest absolute Gasteiger partial charge is 0.250 e. The fraction of sp³-hybridized carbons (Fsp3) is 0.500.